The summed E-state index contributed by atoms with van der Waals surface area (Å²) in [4.78, 5) is 31.2. The monoisotopic (exact) mass is 386 g/mol. The zero-order chi connectivity index (χ0) is 17.3. The number of fused-ring (bicyclic) bond motifs is 1. The first-order valence-corrected chi connectivity index (χ1v) is 8.16. The van der Waals surface area contributed by atoms with Crippen molar-refractivity contribution in [3.8, 4) is 0 Å². The van der Waals surface area contributed by atoms with Crippen LogP contribution in [0.3, 0.4) is 0 Å². The van der Waals surface area contributed by atoms with Gasteiger partial charge in [-0.2, -0.15) is 4.99 Å². The molecular weight excluding hydrogens is 372 g/mol. The van der Waals surface area contributed by atoms with E-state index in [0.29, 0.717) is 22.2 Å². The number of aromatic nitrogens is 2. The standard InChI is InChI=1S/C17H15BrN4O2/c1-2-22-14-6-4-3-5-13(14)20-17(22)21-16(24)10-7-8-12(18)11(9-10)15(19)23/h3-9H,2H2,1H3,(H2,19,23)(H,20,21,24). The van der Waals surface area contributed by atoms with E-state index in [2.05, 4.69) is 25.9 Å². The number of nitrogens with zero attached hydrogens (tertiary/aromatic N) is 2. The van der Waals surface area contributed by atoms with Crippen LogP contribution in [0, 0.1) is 0 Å². The number of nitrogens with two attached hydrogens (primary N) is 1. The number of imidazole rings is 1. The predicted molar refractivity (Wildman–Crippen MR) is 94.5 cm³/mol. The Hall–Kier alpha value is -2.67. The number of hydrogen-bond acceptors (Lipinski definition) is 2. The fourth-order valence-corrected chi connectivity index (χ4v) is 2.98. The number of aryl methyl sites for hydroxylation is 1. The number of amides is 2. The van der Waals surface area contributed by atoms with Gasteiger partial charge in [0, 0.05) is 16.6 Å². The molecule has 1 aromatic heterocycles. The van der Waals surface area contributed by atoms with Crippen molar-refractivity contribution in [1.82, 2.24) is 9.55 Å². The third kappa shape index (κ3) is 2.90. The van der Waals surface area contributed by atoms with Crippen molar-refractivity contribution >= 4 is 38.8 Å². The molecule has 122 valence electrons. The van der Waals surface area contributed by atoms with Gasteiger partial charge in [0.05, 0.1) is 16.6 Å². The molecule has 0 unspecified atom stereocenters. The minimum Gasteiger partial charge on any atom is -0.366 e. The van der Waals surface area contributed by atoms with Crippen LogP contribution in [-0.2, 0) is 6.54 Å². The van der Waals surface area contributed by atoms with Crippen molar-refractivity contribution in [1.29, 1.82) is 0 Å². The molecule has 0 aliphatic carbocycles. The van der Waals surface area contributed by atoms with Crippen LogP contribution in [0.15, 0.2) is 51.9 Å². The second-order valence-electron chi connectivity index (χ2n) is 5.19. The summed E-state index contributed by atoms with van der Waals surface area (Å²) in [5, 5.41) is 0. The molecule has 0 aliphatic rings. The lowest BCUT2D eigenvalue weighted by Crippen LogP contribution is -2.20. The van der Waals surface area contributed by atoms with Gasteiger partial charge < -0.3 is 15.3 Å². The van der Waals surface area contributed by atoms with E-state index in [4.69, 9.17) is 5.73 Å². The van der Waals surface area contributed by atoms with E-state index in [1.165, 1.54) is 6.07 Å². The molecular formula is C17H15BrN4O2. The highest BCUT2D eigenvalue weighted by Gasteiger charge is 2.12. The molecule has 3 rings (SSSR count). The summed E-state index contributed by atoms with van der Waals surface area (Å²) in [5.74, 6) is -1.05. The van der Waals surface area contributed by atoms with E-state index in [-0.39, 0.29) is 5.56 Å². The first-order chi connectivity index (χ1) is 11.5. The van der Waals surface area contributed by atoms with Crippen LogP contribution in [0.5, 0.6) is 0 Å². The normalized spacial score (nSPS) is 11.8. The van der Waals surface area contributed by atoms with Crippen LogP contribution in [0.2, 0.25) is 0 Å². The van der Waals surface area contributed by atoms with E-state index in [0.717, 1.165) is 11.0 Å². The number of nitrogens with one attached hydrogen (secondary N) is 1. The second-order valence-corrected chi connectivity index (χ2v) is 6.04. The quantitative estimate of drug-likeness (QED) is 0.723. The maximum atomic E-state index is 12.5. The average molecular weight is 387 g/mol. The summed E-state index contributed by atoms with van der Waals surface area (Å²) in [5.41, 5.74) is 8.20. The van der Waals surface area contributed by atoms with Gasteiger partial charge in [-0.25, -0.2) is 0 Å². The summed E-state index contributed by atoms with van der Waals surface area (Å²) >= 11 is 3.24. The third-order valence-corrected chi connectivity index (χ3v) is 4.39. The van der Waals surface area contributed by atoms with Crippen LogP contribution >= 0.6 is 15.9 Å². The summed E-state index contributed by atoms with van der Waals surface area (Å²) in [6.07, 6.45) is 0. The molecule has 24 heavy (non-hydrogen) atoms. The van der Waals surface area contributed by atoms with Gasteiger partial charge in [0.2, 0.25) is 11.5 Å². The fraction of sp³-hybridized carbons (Fsp3) is 0.118. The zero-order valence-electron chi connectivity index (χ0n) is 12.9. The summed E-state index contributed by atoms with van der Waals surface area (Å²) in [6.45, 7) is 2.65. The van der Waals surface area contributed by atoms with Gasteiger partial charge in [0.1, 0.15) is 0 Å². The Bertz CT molecular complexity index is 1020. The molecule has 1 heterocycles. The zero-order valence-corrected chi connectivity index (χ0v) is 14.5. The number of hydrogen-bond donors (Lipinski definition) is 2. The first kappa shape index (κ1) is 16.2. The lowest BCUT2D eigenvalue weighted by atomic mass is 10.1. The Morgan fingerprint density at radius 3 is 2.71 bits per heavy atom. The molecule has 0 fully saturated rings. The molecule has 0 aliphatic heterocycles. The Morgan fingerprint density at radius 1 is 1.25 bits per heavy atom. The highest BCUT2D eigenvalue weighted by molar-refractivity contribution is 9.10. The van der Waals surface area contributed by atoms with Gasteiger partial charge in [-0.05, 0) is 53.2 Å². The first-order valence-electron chi connectivity index (χ1n) is 7.37. The lowest BCUT2D eigenvalue weighted by molar-refractivity contribution is 0.0996. The largest absolute Gasteiger partial charge is 0.366 e. The van der Waals surface area contributed by atoms with Gasteiger partial charge in [0.15, 0.2) is 0 Å². The SMILES string of the molecule is CCn1/c(=N/C(=O)c2ccc(Br)c(C(N)=O)c2)[nH]c2ccccc21. The smallest absolute Gasteiger partial charge is 0.280 e. The van der Waals surface area contributed by atoms with Crippen molar-refractivity contribution < 1.29 is 9.59 Å². The van der Waals surface area contributed by atoms with Gasteiger partial charge >= 0.3 is 0 Å². The number of carbonyl (C=O) groups is 2. The predicted octanol–water partition coefficient (Wildman–Crippen LogP) is 2.59. The summed E-state index contributed by atoms with van der Waals surface area (Å²) in [7, 11) is 0. The van der Waals surface area contributed by atoms with Crippen molar-refractivity contribution in [2.75, 3.05) is 0 Å². The molecule has 0 spiro atoms. The summed E-state index contributed by atoms with van der Waals surface area (Å²) < 4.78 is 2.46. The molecule has 0 radical (unpaired) electrons. The fourth-order valence-electron chi connectivity index (χ4n) is 2.53. The van der Waals surface area contributed by atoms with Gasteiger partial charge in [0.25, 0.3) is 5.91 Å². The molecule has 2 aromatic carbocycles. The van der Waals surface area contributed by atoms with E-state index in [1.807, 2.05) is 35.8 Å². The topological polar surface area (TPSA) is 93.2 Å². The average Bonchev–Trinajstić information content (AvgIpc) is 2.91. The van der Waals surface area contributed by atoms with E-state index < -0.39 is 11.8 Å². The maximum absolute atomic E-state index is 12.5. The van der Waals surface area contributed by atoms with E-state index >= 15 is 0 Å². The van der Waals surface area contributed by atoms with Gasteiger partial charge in [-0.15, -0.1) is 0 Å². The number of H-pyrrole nitrogens is 1. The molecule has 3 N–H and O–H groups in total. The van der Waals surface area contributed by atoms with Crippen LogP contribution in [-0.4, -0.2) is 21.4 Å². The van der Waals surface area contributed by atoms with Crippen molar-refractivity contribution in [2.24, 2.45) is 10.7 Å². The maximum Gasteiger partial charge on any atom is 0.280 e. The Labute approximate surface area is 146 Å². The van der Waals surface area contributed by atoms with E-state index in [9.17, 15) is 9.59 Å². The number of primary amides is 1. The van der Waals surface area contributed by atoms with Crippen LogP contribution in [0.4, 0.5) is 0 Å². The van der Waals surface area contributed by atoms with Crippen molar-refractivity contribution in [2.45, 2.75) is 13.5 Å². The molecule has 0 saturated heterocycles. The number of aromatic amines is 1. The number of rotatable bonds is 3. The Morgan fingerprint density at radius 2 is 2.00 bits per heavy atom. The number of para-hydroxylation sites is 2. The van der Waals surface area contributed by atoms with E-state index in [1.54, 1.807) is 12.1 Å². The number of benzene rings is 2. The highest BCUT2D eigenvalue weighted by Crippen LogP contribution is 2.18. The number of halogens is 1. The molecule has 0 saturated carbocycles. The van der Waals surface area contributed by atoms with Crippen LogP contribution in [0.1, 0.15) is 27.6 Å². The minimum absolute atomic E-state index is 0.246. The molecule has 3 aromatic rings. The van der Waals surface area contributed by atoms with Crippen LogP contribution < -0.4 is 11.4 Å². The highest BCUT2D eigenvalue weighted by atomic mass is 79.9. The van der Waals surface area contributed by atoms with Crippen molar-refractivity contribution in [3.63, 3.8) is 0 Å². The number of carbonyl (C=O) groups excluding carboxylic acids is 2. The molecule has 0 atom stereocenters. The second kappa shape index (κ2) is 6.45. The lowest BCUT2D eigenvalue weighted by Gasteiger charge is -2.02. The van der Waals surface area contributed by atoms with Gasteiger partial charge in [-0.1, -0.05) is 12.1 Å². The minimum atomic E-state index is -0.606. The van der Waals surface area contributed by atoms with Crippen molar-refractivity contribution in [3.05, 3.63) is 63.7 Å². The molecule has 7 heteroatoms. The Balaban J connectivity index is 2.10. The Kier molecular flexibility index (Phi) is 4.35. The van der Waals surface area contributed by atoms with Crippen LogP contribution in [0.25, 0.3) is 11.0 Å². The summed E-state index contributed by atoms with van der Waals surface area (Å²) in [6, 6.07) is 12.4. The molecule has 0 bridgehead atoms. The molecule has 6 nitrogen and oxygen atoms in total. The third-order valence-electron chi connectivity index (χ3n) is 3.70. The molecule has 2 amide bonds. The van der Waals surface area contributed by atoms with Gasteiger partial charge in [-0.3, -0.25) is 9.59 Å².